The molecule has 0 aliphatic heterocycles. The second kappa shape index (κ2) is 9.70. The minimum absolute atomic E-state index is 0.108. The van der Waals surface area contributed by atoms with Crippen molar-refractivity contribution >= 4 is 33.9 Å². The Morgan fingerprint density at radius 3 is 2.76 bits per heavy atom. The van der Waals surface area contributed by atoms with Crippen molar-refractivity contribution in [1.29, 1.82) is 0 Å². The van der Waals surface area contributed by atoms with E-state index in [0.29, 0.717) is 16.3 Å². The molecule has 8 nitrogen and oxygen atoms in total. The molecule has 0 unspecified atom stereocenters. The van der Waals surface area contributed by atoms with Crippen LogP contribution in [0.15, 0.2) is 59.4 Å². The van der Waals surface area contributed by atoms with Crippen molar-refractivity contribution in [2.45, 2.75) is 26.4 Å². The zero-order valence-corrected chi connectivity index (χ0v) is 18.4. The lowest BCUT2D eigenvalue weighted by Gasteiger charge is -2.08. The Hall–Kier alpha value is -3.92. The fraction of sp³-hybridized carbons (Fsp3) is 0.174. The van der Waals surface area contributed by atoms with Crippen molar-refractivity contribution in [2.24, 2.45) is 0 Å². The molecule has 1 N–H and O–H groups in total. The van der Waals surface area contributed by atoms with E-state index in [0.717, 1.165) is 17.8 Å². The van der Waals surface area contributed by atoms with Crippen LogP contribution in [0.1, 0.15) is 44.8 Å². The Kier molecular flexibility index (Phi) is 6.55. The first-order valence-corrected chi connectivity index (χ1v) is 11.0. The normalized spacial score (nSPS) is 10.8. The van der Waals surface area contributed by atoms with Crippen molar-refractivity contribution in [2.75, 3.05) is 5.32 Å². The van der Waals surface area contributed by atoms with Gasteiger partial charge in [0.25, 0.3) is 11.5 Å². The van der Waals surface area contributed by atoms with Gasteiger partial charge in [-0.25, -0.2) is 14.2 Å². The van der Waals surface area contributed by atoms with Gasteiger partial charge in [0.05, 0.1) is 16.8 Å². The smallest absolute Gasteiger partial charge is 0.338 e. The van der Waals surface area contributed by atoms with Crippen molar-refractivity contribution in [3.05, 3.63) is 92.6 Å². The molecule has 4 aromatic rings. The van der Waals surface area contributed by atoms with Crippen molar-refractivity contribution in [3.63, 3.8) is 0 Å². The van der Waals surface area contributed by atoms with E-state index in [9.17, 15) is 18.8 Å². The third kappa shape index (κ3) is 5.12. The van der Waals surface area contributed by atoms with E-state index in [1.54, 1.807) is 18.2 Å². The Morgan fingerprint density at radius 1 is 1.15 bits per heavy atom. The number of amides is 1. The number of ether oxygens (including phenoxy) is 1. The summed E-state index contributed by atoms with van der Waals surface area (Å²) >= 11 is 1.32. The molecule has 4 rings (SSSR count). The highest BCUT2D eigenvalue weighted by molar-refractivity contribution is 7.16. The van der Waals surface area contributed by atoms with Crippen LogP contribution in [0.5, 0.6) is 0 Å². The number of fused-ring (bicyclic) bond motifs is 1. The number of rotatable bonds is 7. The molecule has 0 atom stereocenters. The lowest BCUT2D eigenvalue weighted by molar-refractivity contribution is 0.0467. The fourth-order valence-electron chi connectivity index (χ4n) is 3.08. The number of carbonyl (C=O) groups is 2. The maximum Gasteiger partial charge on any atom is 0.338 e. The molecule has 0 spiro atoms. The van der Waals surface area contributed by atoms with Gasteiger partial charge in [0.15, 0.2) is 0 Å². The Labute approximate surface area is 191 Å². The summed E-state index contributed by atoms with van der Waals surface area (Å²) in [6, 6.07) is 13.0. The molecule has 0 aliphatic carbocycles. The molecule has 2 aromatic heterocycles. The molecular weight excluding hydrogens is 447 g/mol. The maximum atomic E-state index is 13.8. The quantitative estimate of drug-likeness (QED) is 0.415. The second-order valence-electron chi connectivity index (χ2n) is 7.12. The zero-order valence-electron chi connectivity index (χ0n) is 17.6. The molecular formula is C23H19FN4O4S. The van der Waals surface area contributed by atoms with E-state index >= 15 is 0 Å². The summed E-state index contributed by atoms with van der Waals surface area (Å²) in [6.45, 7) is 1.82. The van der Waals surface area contributed by atoms with Gasteiger partial charge in [-0.1, -0.05) is 36.5 Å². The van der Waals surface area contributed by atoms with E-state index in [2.05, 4.69) is 15.4 Å². The van der Waals surface area contributed by atoms with Gasteiger partial charge in [0, 0.05) is 18.2 Å². The number of benzene rings is 2. The average molecular weight is 466 g/mol. The minimum Gasteiger partial charge on any atom is -0.456 e. The van der Waals surface area contributed by atoms with Gasteiger partial charge in [0.1, 0.15) is 17.4 Å². The highest BCUT2D eigenvalue weighted by Gasteiger charge is 2.14. The standard InChI is InChI=1S/C23H19FN4O4S/c1-2-6-19-27-28-20(29)12-16(26-23(28)33-19)13-32-22(31)14-7-5-8-15(11-14)25-21(30)17-9-3-4-10-18(17)24/h3-5,7-12H,2,6,13H2,1H3,(H,25,30). The molecule has 2 aromatic carbocycles. The molecule has 0 radical (unpaired) electrons. The number of esters is 1. The topological polar surface area (TPSA) is 103 Å². The van der Waals surface area contributed by atoms with Crippen LogP contribution >= 0.6 is 11.3 Å². The number of aromatic nitrogens is 3. The number of carbonyl (C=O) groups excluding carboxylic acids is 2. The first-order chi connectivity index (χ1) is 15.9. The third-order valence-corrected chi connectivity index (χ3v) is 5.60. The molecule has 0 saturated heterocycles. The summed E-state index contributed by atoms with van der Waals surface area (Å²) in [5, 5.41) is 7.61. The molecule has 1 amide bonds. The van der Waals surface area contributed by atoms with Crippen molar-refractivity contribution in [3.8, 4) is 0 Å². The summed E-state index contributed by atoms with van der Waals surface area (Å²) in [4.78, 5) is 41.9. The summed E-state index contributed by atoms with van der Waals surface area (Å²) in [5.74, 6) is -1.94. The molecule has 33 heavy (non-hydrogen) atoms. The lowest BCUT2D eigenvalue weighted by atomic mass is 10.1. The van der Waals surface area contributed by atoms with E-state index in [1.165, 1.54) is 52.3 Å². The Bertz CT molecular complexity index is 1400. The number of anilines is 1. The highest BCUT2D eigenvalue weighted by Crippen LogP contribution is 2.16. The van der Waals surface area contributed by atoms with E-state index in [1.807, 2.05) is 6.92 Å². The van der Waals surface area contributed by atoms with Gasteiger partial charge in [-0.2, -0.15) is 9.61 Å². The SMILES string of the molecule is CCCc1nn2c(=O)cc(COC(=O)c3cccc(NC(=O)c4ccccc4F)c3)nc2s1. The summed E-state index contributed by atoms with van der Waals surface area (Å²) < 4.78 is 20.3. The van der Waals surface area contributed by atoms with E-state index in [-0.39, 0.29) is 23.3 Å². The lowest BCUT2D eigenvalue weighted by Crippen LogP contribution is -2.17. The number of aryl methyl sites for hydroxylation is 1. The number of nitrogens with zero attached hydrogens (tertiary/aromatic N) is 3. The first-order valence-electron chi connectivity index (χ1n) is 10.2. The molecule has 0 aliphatic rings. The number of halogens is 1. The highest BCUT2D eigenvalue weighted by atomic mass is 32.1. The van der Waals surface area contributed by atoms with Gasteiger partial charge in [0.2, 0.25) is 4.96 Å². The molecule has 0 bridgehead atoms. The second-order valence-corrected chi connectivity index (χ2v) is 8.16. The average Bonchev–Trinajstić information content (AvgIpc) is 3.21. The van der Waals surface area contributed by atoms with Gasteiger partial charge in [-0.15, -0.1) is 0 Å². The predicted octanol–water partition coefficient (Wildman–Crippen LogP) is 3.85. The van der Waals surface area contributed by atoms with Crippen LogP contribution in [0, 0.1) is 5.82 Å². The van der Waals surface area contributed by atoms with Gasteiger partial charge < -0.3 is 10.1 Å². The summed E-state index contributed by atoms with van der Waals surface area (Å²) in [5.41, 5.74) is 0.348. The molecule has 2 heterocycles. The van der Waals surface area contributed by atoms with Crippen LogP contribution in [0.2, 0.25) is 0 Å². The predicted molar refractivity (Wildman–Crippen MR) is 121 cm³/mol. The van der Waals surface area contributed by atoms with Crippen LogP contribution in [0.4, 0.5) is 10.1 Å². The van der Waals surface area contributed by atoms with Gasteiger partial charge >= 0.3 is 5.97 Å². The number of hydrogen-bond acceptors (Lipinski definition) is 7. The number of nitrogens with one attached hydrogen (secondary N) is 1. The molecule has 0 saturated carbocycles. The third-order valence-electron chi connectivity index (χ3n) is 4.63. The Morgan fingerprint density at radius 2 is 1.97 bits per heavy atom. The maximum absolute atomic E-state index is 13.8. The number of hydrogen-bond donors (Lipinski definition) is 1. The van der Waals surface area contributed by atoms with Crippen LogP contribution in [-0.4, -0.2) is 26.5 Å². The fourth-order valence-corrected chi connectivity index (χ4v) is 4.09. The van der Waals surface area contributed by atoms with Crippen molar-refractivity contribution < 1.29 is 18.7 Å². The van der Waals surface area contributed by atoms with Gasteiger partial charge in [-0.3, -0.25) is 9.59 Å². The molecule has 10 heteroatoms. The van der Waals surface area contributed by atoms with Gasteiger partial charge in [-0.05, 0) is 36.8 Å². The van der Waals surface area contributed by atoms with Crippen LogP contribution < -0.4 is 10.9 Å². The summed E-state index contributed by atoms with van der Waals surface area (Å²) in [7, 11) is 0. The monoisotopic (exact) mass is 466 g/mol. The molecule has 0 fully saturated rings. The van der Waals surface area contributed by atoms with E-state index in [4.69, 9.17) is 4.74 Å². The largest absolute Gasteiger partial charge is 0.456 e. The van der Waals surface area contributed by atoms with E-state index < -0.39 is 17.7 Å². The van der Waals surface area contributed by atoms with Crippen LogP contribution in [-0.2, 0) is 17.8 Å². The zero-order chi connectivity index (χ0) is 23.4. The minimum atomic E-state index is -0.657. The van der Waals surface area contributed by atoms with Crippen LogP contribution in [0.25, 0.3) is 4.96 Å². The van der Waals surface area contributed by atoms with Crippen molar-refractivity contribution in [1.82, 2.24) is 14.6 Å². The molecule has 168 valence electrons. The first kappa shape index (κ1) is 22.3. The Balaban J connectivity index is 1.44. The van der Waals surface area contributed by atoms with Crippen LogP contribution in [0.3, 0.4) is 0 Å². The summed E-state index contributed by atoms with van der Waals surface area (Å²) in [6.07, 6.45) is 1.65.